The van der Waals surface area contributed by atoms with E-state index in [0.29, 0.717) is 30.2 Å². The van der Waals surface area contributed by atoms with E-state index in [4.69, 9.17) is 0 Å². The van der Waals surface area contributed by atoms with Crippen LogP contribution in [-0.2, 0) is 4.79 Å². The van der Waals surface area contributed by atoms with E-state index in [1.54, 1.807) is 24.5 Å². The first kappa shape index (κ1) is 16.7. The Hall–Kier alpha value is -2.15. The molecule has 0 spiro atoms. The first-order chi connectivity index (χ1) is 11.7. The molecular weight excluding hydrogens is 327 g/mol. The second kappa shape index (κ2) is 8.10. The molecule has 2 heterocycles. The maximum Gasteiger partial charge on any atom is 0.222 e. The molecule has 2 N–H and O–H groups in total. The van der Waals surface area contributed by atoms with E-state index in [2.05, 4.69) is 20.6 Å². The molecule has 1 aliphatic rings. The summed E-state index contributed by atoms with van der Waals surface area (Å²) in [5, 5.41) is 6.09. The highest BCUT2D eigenvalue weighted by Crippen LogP contribution is 2.37. The van der Waals surface area contributed by atoms with Crippen LogP contribution in [0.2, 0.25) is 0 Å². The van der Waals surface area contributed by atoms with Crippen LogP contribution in [0.25, 0.3) is 0 Å². The third-order valence-corrected chi connectivity index (χ3v) is 4.95. The van der Waals surface area contributed by atoms with Gasteiger partial charge in [0.15, 0.2) is 0 Å². The maximum atomic E-state index is 13.8. The highest BCUT2D eigenvalue weighted by Gasteiger charge is 2.24. The molecule has 0 aliphatic carbocycles. The topological polar surface area (TPSA) is 66.9 Å². The van der Waals surface area contributed by atoms with Crippen LogP contribution < -0.4 is 10.6 Å². The molecule has 2 aromatic rings. The van der Waals surface area contributed by atoms with Gasteiger partial charge in [0.1, 0.15) is 5.82 Å². The fraction of sp³-hybridized carbons (Fsp3) is 0.353. The third kappa shape index (κ3) is 4.23. The normalized spacial score (nSPS) is 16.3. The summed E-state index contributed by atoms with van der Waals surface area (Å²) in [5.41, 5.74) is 0.885. The van der Waals surface area contributed by atoms with Crippen molar-refractivity contribution in [3.63, 3.8) is 0 Å². The second-order valence-corrected chi connectivity index (χ2v) is 6.62. The van der Waals surface area contributed by atoms with Gasteiger partial charge in [-0.3, -0.25) is 4.79 Å². The second-order valence-electron chi connectivity index (χ2n) is 5.52. The summed E-state index contributed by atoms with van der Waals surface area (Å²) in [7, 11) is 0. The number of carbonyl (C=O) groups is 1. The number of amides is 1. The lowest BCUT2D eigenvalue weighted by Gasteiger charge is -2.26. The monoisotopic (exact) mass is 346 g/mol. The summed E-state index contributed by atoms with van der Waals surface area (Å²) in [6.45, 7) is 0.628. The van der Waals surface area contributed by atoms with Crippen molar-refractivity contribution >= 4 is 23.6 Å². The smallest absolute Gasteiger partial charge is 0.222 e. The molecule has 0 unspecified atom stereocenters. The van der Waals surface area contributed by atoms with Crippen LogP contribution in [0.1, 0.15) is 30.9 Å². The van der Waals surface area contributed by atoms with Gasteiger partial charge in [-0.25, -0.2) is 14.4 Å². The van der Waals surface area contributed by atoms with Gasteiger partial charge in [-0.15, -0.1) is 11.8 Å². The van der Waals surface area contributed by atoms with E-state index in [-0.39, 0.29) is 17.8 Å². The predicted molar refractivity (Wildman–Crippen MR) is 92.4 cm³/mol. The average molecular weight is 346 g/mol. The number of aromatic nitrogens is 2. The molecule has 1 amide bonds. The van der Waals surface area contributed by atoms with Crippen molar-refractivity contribution in [2.45, 2.75) is 30.2 Å². The molecule has 0 saturated heterocycles. The van der Waals surface area contributed by atoms with Crippen LogP contribution in [0.15, 0.2) is 41.6 Å². The number of thioether (sulfide) groups is 1. The Morgan fingerprint density at radius 2 is 2.12 bits per heavy atom. The molecule has 1 aromatic carbocycles. The number of hydrogen-bond donors (Lipinski definition) is 2. The van der Waals surface area contributed by atoms with Gasteiger partial charge in [-0.05, 0) is 30.5 Å². The lowest BCUT2D eigenvalue weighted by atomic mass is 10.0. The Morgan fingerprint density at radius 3 is 2.96 bits per heavy atom. The number of halogens is 1. The van der Waals surface area contributed by atoms with Crippen LogP contribution >= 0.6 is 11.8 Å². The summed E-state index contributed by atoms with van der Waals surface area (Å²) >= 11 is 1.52. The zero-order chi connectivity index (χ0) is 16.8. The number of carbonyl (C=O) groups excluding carboxylic acids is 1. The molecule has 0 saturated carbocycles. The predicted octanol–water partition coefficient (Wildman–Crippen LogP) is 3.16. The van der Waals surface area contributed by atoms with Crippen molar-refractivity contribution in [3.05, 3.63) is 48.0 Å². The standard InChI is InChI=1S/C17H19FN4OS/c18-13-5-1-4-12-14(7-11-24-16(12)13)22-15(23)6-2-8-19-17-20-9-3-10-21-17/h1,3-5,9-10,14H,2,6-8,11H2,(H,22,23)(H,19,20,21)/t14-/m1/s1. The van der Waals surface area contributed by atoms with Crippen molar-refractivity contribution in [2.75, 3.05) is 17.6 Å². The van der Waals surface area contributed by atoms with Gasteiger partial charge < -0.3 is 10.6 Å². The van der Waals surface area contributed by atoms with Gasteiger partial charge in [-0.2, -0.15) is 0 Å². The van der Waals surface area contributed by atoms with Crippen molar-refractivity contribution < 1.29 is 9.18 Å². The molecule has 0 bridgehead atoms. The highest BCUT2D eigenvalue weighted by molar-refractivity contribution is 7.99. The number of hydrogen-bond acceptors (Lipinski definition) is 5. The fourth-order valence-corrected chi connectivity index (χ4v) is 3.78. The lowest BCUT2D eigenvalue weighted by Crippen LogP contribution is -2.31. The van der Waals surface area contributed by atoms with Crippen LogP contribution in [0.3, 0.4) is 0 Å². The quantitative estimate of drug-likeness (QED) is 0.787. The molecule has 0 fully saturated rings. The molecule has 3 rings (SSSR count). The zero-order valence-electron chi connectivity index (χ0n) is 13.2. The van der Waals surface area contributed by atoms with E-state index >= 15 is 0 Å². The Kier molecular flexibility index (Phi) is 5.63. The van der Waals surface area contributed by atoms with Crippen molar-refractivity contribution in [3.8, 4) is 0 Å². The summed E-state index contributed by atoms with van der Waals surface area (Å²) in [6, 6.07) is 6.71. The van der Waals surface area contributed by atoms with E-state index in [9.17, 15) is 9.18 Å². The molecule has 126 valence electrons. The highest BCUT2D eigenvalue weighted by atomic mass is 32.2. The van der Waals surface area contributed by atoms with Crippen LogP contribution in [0.5, 0.6) is 0 Å². The Morgan fingerprint density at radius 1 is 1.29 bits per heavy atom. The van der Waals surface area contributed by atoms with E-state index in [1.807, 2.05) is 6.07 Å². The van der Waals surface area contributed by atoms with Gasteiger partial charge in [-0.1, -0.05) is 12.1 Å². The molecule has 7 heteroatoms. The molecule has 5 nitrogen and oxygen atoms in total. The van der Waals surface area contributed by atoms with E-state index in [0.717, 1.165) is 17.7 Å². The van der Waals surface area contributed by atoms with Crippen molar-refractivity contribution in [1.82, 2.24) is 15.3 Å². The Balaban J connectivity index is 1.47. The van der Waals surface area contributed by atoms with Gasteiger partial charge in [0.25, 0.3) is 0 Å². The number of rotatable bonds is 6. The first-order valence-electron chi connectivity index (χ1n) is 7.95. The summed E-state index contributed by atoms with van der Waals surface area (Å²) in [4.78, 5) is 20.9. The molecule has 1 aliphatic heterocycles. The Labute approximate surface area is 144 Å². The number of benzene rings is 1. The summed E-state index contributed by atoms with van der Waals surface area (Å²) in [6.07, 6.45) is 5.25. The molecular formula is C17H19FN4OS. The van der Waals surface area contributed by atoms with Crippen LogP contribution in [-0.4, -0.2) is 28.2 Å². The number of anilines is 1. The van der Waals surface area contributed by atoms with E-state index in [1.165, 1.54) is 17.8 Å². The van der Waals surface area contributed by atoms with Crippen molar-refractivity contribution in [2.24, 2.45) is 0 Å². The Bertz CT molecular complexity index is 698. The van der Waals surface area contributed by atoms with E-state index < -0.39 is 0 Å². The molecule has 1 atom stereocenters. The summed E-state index contributed by atoms with van der Waals surface area (Å²) < 4.78 is 13.8. The van der Waals surface area contributed by atoms with Crippen molar-refractivity contribution in [1.29, 1.82) is 0 Å². The van der Waals surface area contributed by atoms with Gasteiger partial charge >= 0.3 is 0 Å². The van der Waals surface area contributed by atoms with Gasteiger partial charge in [0, 0.05) is 36.0 Å². The zero-order valence-corrected chi connectivity index (χ0v) is 14.0. The molecule has 24 heavy (non-hydrogen) atoms. The number of nitrogens with zero attached hydrogens (tertiary/aromatic N) is 2. The minimum absolute atomic E-state index is 0.0158. The van der Waals surface area contributed by atoms with Crippen LogP contribution in [0, 0.1) is 5.82 Å². The minimum atomic E-state index is -0.205. The first-order valence-corrected chi connectivity index (χ1v) is 8.94. The number of fused-ring (bicyclic) bond motifs is 1. The van der Waals surface area contributed by atoms with Crippen LogP contribution in [0.4, 0.5) is 10.3 Å². The fourth-order valence-electron chi connectivity index (χ4n) is 2.64. The lowest BCUT2D eigenvalue weighted by molar-refractivity contribution is -0.121. The minimum Gasteiger partial charge on any atom is -0.354 e. The van der Waals surface area contributed by atoms with Gasteiger partial charge in [0.2, 0.25) is 11.9 Å². The SMILES string of the molecule is O=C(CCCNc1ncccn1)N[C@@H]1CCSc2c(F)cccc21. The number of nitrogens with one attached hydrogen (secondary N) is 2. The third-order valence-electron chi connectivity index (χ3n) is 3.79. The maximum absolute atomic E-state index is 13.8. The summed E-state index contributed by atoms with van der Waals surface area (Å²) in [5.74, 6) is 1.15. The molecule has 0 radical (unpaired) electrons. The molecule has 1 aromatic heterocycles. The largest absolute Gasteiger partial charge is 0.354 e. The van der Waals surface area contributed by atoms with Gasteiger partial charge in [0.05, 0.1) is 6.04 Å². The average Bonchev–Trinajstić information content (AvgIpc) is 2.61.